The molecule has 0 radical (unpaired) electrons. The lowest BCUT2D eigenvalue weighted by Gasteiger charge is -2.13. The van der Waals surface area contributed by atoms with Crippen molar-refractivity contribution in [2.24, 2.45) is 0 Å². The molecule has 0 aliphatic carbocycles. The van der Waals surface area contributed by atoms with Gasteiger partial charge in [-0.25, -0.2) is 4.98 Å². The van der Waals surface area contributed by atoms with Crippen LogP contribution in [0, 0.1) is 13.8 Å². The average Bonchev–Trinajstić information content (AvgIpc) is 2.97. The first kappa shape index (κ1) is 21.1. The molecule has 152 valence electrons. The third-order valence-corrected chi connectivity index (χ3v) is 6.69. The van der Waals surface area contributed by atoms with Crippen molar-refractivity contribution in [1.82, 2.24) is 14.5 Å². The Morgan fingerprint density at radius 2 is 1.97 bits per heavy atom. The van der Waals surface area contributed by atoms with Crippen LogP contribution >= 0.6 is 23.1 Å². The Kier molecular flexibility index (Phi) is 6.39. The minimum atomic E-state index is -0.236. The van der Waals surface area contributed by atoms with E-state index in [0.29, 0.717) is 16.0 Å². The van der Waals surface area contributed by atoms with Gasteiger partial charge in [0.05, 0.1) is 17.4 Å². The summed E-state index contributed by atoms with van der Waals surface area (Å²) in [5.41, 5.74) is 1.39. The number of hydrogen-bond acceptors (Lipinski definition) is 6. The van der Waals surface area contributed by atoms with Crippen LogP contribution < -0.4 is 10.9 Å². The number of hydrogen-bond donors (Lipinski definition) is 1. The molecule has 0 bridgehead atoms. The van der Waals surface area contributed by atoms with Gasteiger partial charge in [-0.3, -0.25) is 19.0 Å². The lowest BCUT2D eigenvalue weighted by Crippen LogP contribution is -2.23. The molecule has 3 aromatic rings. The fourth-order valence-corrected chi connectivity index (χ4v) is 4.44. The van der Waals surface area contributed by atoms with Crippen LogP contribution in [-0.4, -0.2) is 39.7 Å². The van der Waals surface area contributed by atoms with Crippen LogP contribution in [0.15, 0.2) is 40.3 Å². The third kappa shape index (κ3) is 4.68. The van der Waals surface area contributed by atoms with Crippen molar-refractivity contribution in [2.45, 2.75) is 31.7 Å². The van der Waals surface area contributed by atoms with E-state index in [0.717, 1.165) is 27.0 Å². The minimum Gasteiger partial charge on any atom is -0.339 e. The number of carbonyl (C=O) groups excluding carboxylic acids is 2. The number of para-hydroxylation sites is 1. The van der Waals surface area contributed by atoms with E-state index in [-0.39, 0.29) is 29.7 Å². The van der Waals surface area contributed by atoms with E-state index in [9.17, 15) is 14.4 Å². The van der Waals surface area contributed by atoms with Crippen molar-refractivity contribution in [3.05, 3.63) is 51.4 Å². The summed E-state index contributed by atoms with van der Waals surface area (Å²) in [6, 6.07) is 7.14. The lowest BCUT2D eigenvalue weighted by atomic mass is 10.2. The molecule has 3 rings (SSSR count). The molecule has 0 aliphatic rings. The van der Waals surface area contributed by atoms with Gasteiger partial charge in [0.25, 0.3) is 10.8 Å². The molecular weight excluding hydrogens is 408 g/mol. The largest absolute Gasteiger partial charge is 0.339 e. The zero-order chi connectivity index (χ0) is 21.1. The number of fused-ring (bicyclic) bond motifs is 1. The maximum absolute atomic E-state index is 12.7. The Bertz CT molecular complexity index is 1130. The first-order valence-corrected chi connectivity index (χ1v) is 10.6. The second-order valence-corrected chi connectivity index (χ2v) is 8.96. The average molecular weight is 431 g/mol. The van der Waals surface area contributed by atoms with Gasteiger partial charge in [-0.05, 0) is 43.3 Å². The first-order valence-electron chi connectivity index (χ1n) is 9.01. The second kappa shape index (κ2) is 8.79. The van der Waals surface area contributed by atoms with Gasteiger partial charge in [0.1, 0.15) is 4.83 Å². The Balaban J connectivity index is 1.71. The van der Waals surface area contributed by atoms with Crippen LogP contribution in [-0.2, 0) is 11.3 Å². The quantitative estimate of drug-likeness (QED) is 0.621. The van der Waals surface area contributed by atoms with E-state index in [2.05, 4.69) is 10.3 Å². The second-order valence-electron chi connectivity index (χ2n) is 6.76. The molecular formula is C20H22N4O3S2. The molecule has 2 amide bonds. The van der Waals surface area contributed by atoms with Crippen LogP contribution in [0.3, 0.4) is 0 Å². The Hall–Kier alpha value is -2.65. The summed E-state index contributed by atoms with van der Waals surface area (Å²) in [5.74, 6) is -0.236. The molecule has 0 saturated heterocycles. The maximum Gasteiger partial charge on any atom is 0.286 e. The van der Waals surface area contributed by atoms with Crippen LogP contribution in [0.1, 0.15) is 16.9 Å². The number of nitrogens with one attached hydrogen (secondary N) is 1. The van der Waals surface area contributed by atoms with E-state index in [1.54, 1.807) is 32.3 Å². The van der Waals surface area contributed by atoms with Gasteiger partial charge in [-0.15, -0.1) is 11.3 Å². The molecule has 0 fully saturated rings. The lowest BCUT2D eigenvalue weighted by molar-refractivity contribution is -0.116. The first-order chi connectivity index (χ1) is 13.8. The highest BCUT2D eigenvalue weighted by Gasteiger charge is 2.14. The minimum absolute atomic E-state index is 0.121. The van der Waals surface area contributed by atoms with E-state index >= 15 is 0 Å². The fourth-order valence-electron chi connectivity index (χ4n) is 2.71. The summed E-state index contributed by atoms with van der Waals surface area (Å²) >= 11 is 2.55. The van der Waals surface area contributed by atoms with Crippen LogP contribution in [0.5, 0.6) is 0 Å². The maximum atomic E-state index is 12.7. The summed E-state index contributed by atoms with van der Waals surface area (Å²) in [6.45, 7) is 4.11. The molecule has 2 heterocycles. The smallest absolute Gasteiger partial charge is 0.286 e. The Labute approximate surface area is 176 Å². The Morgan fingerprint density at radius 1 is 1.24 bits per heavy atom. The predicted molar refractivity (Wildman–Crippen MR) is 118 cm³/mol. The van der Waals surface area contributed by atoms with Crippen molar-refractivity contribution in [1.29, 1.82) is 0 Å². The molecule has 0 spiro atoms. The molecule has 0 unspecified atom stereocenters. The summed E-state index contributed by atoms with van der Waals surface area (Å²) < 4.78 is 1.47. The van der Waals surface area contributed by atoms with Crippen molar-refractivity contribution in [3.8, 4) is 0 Å². The highest BCUT2D eigenvalue weighted by molar-refractivity contribution is 8.13. The van der Waals surface area contributed by atoms with Crippen LogP contribution in [0.4, 0.5) is 10.5 Å². The summed E-state index contributed by atoms with van der Waals surface area (Å²) in [6.07, 6.45) is 1.61. The molecule has 1 aromatic carbocycles. The number of aromatic nitrogens is 2. The molecule has 0 aliphatic heterocycles. The normalized spacial score (nSPS) is 10.9. The van der Waals surface area contributed by atoms with Gasteiger partial charge in [0.2, 0.25) is 5.91 Å². The van der Waals surface area contributed by atoms with Crippen molar-refractivity contribution in [2.75, 3.05) is 19.4 Å². The highest BCUT2D eigenvalue weighted by Crippen LogP contribution is 2.29. The van der Waals surface area contributed by atoms with E-state index in [1.165, 1.54) is 27.1 Å². The Morgan fingerprint density at radius 3 is 2.69 bits per heavy atom. The van der Waals surface area contributed by atoms with Gasteiger partial charge >= 0.3 is 0 Å². The molecule has 1 N–H and O–H groups in total. The van der Waals surface area contributed by atoms with Gasteiger partial charge in [-0.1, -0.05) is 12.1 Å². The molecule has 9 heteroatoms. The number of thioether (sulfide) groups is 1. The number of nitrogens with zero attached hydrogens (tertiary/aromatic N) is 3. The topological polar surface area (TPSA) is 84.3 Å². The summed E-state index contributed by atoms with van der Waals surface area (Å²) in [5, 5.41) is 3.33. The monoisotopic (exact) mass is 430 g/mol. The van der Waals surface area contributed by atoms with Gasteiger partial charge in [0, 0.05) is 36.8 Å². The number of amides is 2. The number of aryl methyl sites for hydroxylation is 3. The summed E-state index contributed by atoms with van der Waals surface area (Å²) in [7, 11) is 3.35. The fraction of sp³-hybridized carbons (Fsp3) is 0.300. The standard InChI is InChI=1S/C20H22N4O3S2/c1-12-13(2)28-18-17(12)19(26)24(11-21-18)10-9-16(25)22-14-7-5-6-8-15(14)29-20(27)23(3)4/h5-8,11H,9-10H2,1-4H3,(H,22,25). The number of rotatable bonds is 5. The molecule has 0 atom stereocenters. The number of carbonyl (C=O) groups is 2. The number of thiophene rings is 1. The summed E-state index contributed by atoms with van der Waals surface area (Å²) in [4.78, 5) is 45.4. The van der Waals surface area contributed by atoms with Crippen molar-refractivity contribution >= 4 is 50.1 Å². The van der Waals surface area contributed by atoms with Gasteiger partial charge in [-0.2, -0.15) is 0 Å². The molecule has 29 heavy (non-hydrogen) atoms. The van der Waals surface area contributed by atoms with Crippen LogP contribution in [0.25, 0.3) is 10.2 Å². The van der Waals surface area contributed by atoms with Gasteiger partial charge in [0.15, 0.2) is 0 Å². The van der Waals surface area contributed by atoms with E-state index in [1.807, 2.05) is 19.9 Å². The van der Waals surface area contributed by atoms with Gasteiger partial charge < -0.3 is 10.2 Å². The SMILES string of the molecule is Cc1sc2ncn(CCC(=O)Nc3ccccc3SC(=O)N(C)C)c(=O)c2c1C. The van der Waals surface area contributed by atoms with Crippen LogP contribution in [0.2, 0.25) is 0 Å². The zero-order valence-corrected chi connectivity index (χ0v) is 18.3. The zero-order valence-electron chi connectivity index (χ0n) is 16.7. The molecule has 2 aromatic heterocycles. The van der Waals surface area contributed by atoms with E-state index < -0.39 is 0 Å². The predicted octanol–water partition coefficient (Wildman–Crippen LogP) is 3.88. The molecule has 7 nitrogen and oxygen atoms in total. The molecule has 0 saturated carbocycles. The number of benzene rings is 1. The number of anilines is 1. The van der Waals surface area contributed by atoms with Crippen molar-refractivity contribution in [3.63, 3.8) is 0 Å². The van der Waals surface area contributed by atoms with Crippen molar-refractivity contribution < 1.29 is 9.59 Å². The van der Waals surface area contributed by atoms with E-state index in [4.69, 9.17) is 0 Å². The highest BCUT2D eigenvalue weighted by atomic mass is 32.2. The third-order valence-electron chi connectivity index (χ3n) is 4.46.